The van der Waals surface area contributed by atoms with E-state index in [9.17, 15) is 9.59 Å². The number of carbonyl (C=O) groups is 2. The van der Waals surface area contributed by atoms with Crippen LogP contribution < -0.4 is 10.6 Å². The van der Waals surface area contributed by atoms with Gasteiger partial charge >= 0.3 is 6.03 Å². The third kappa shape index (κ3) is 3.33. The summed E-state index contributed by atoms with van der Waals surface area (Å²) in [6.07, 6.45) is 10.3. The van der Waals surface area contributed by atoms with Gasteiger partial charge in [0.15, 0.2) is 0 Å². The first kappa shape index (κ1) is 15.3. The minimum atomic E-state index is -0.105. The number of rotatable bonds is 5. The van der Waals surface area contributed by atoms with Gasteiger partial charge in [-0.15, -0.1) is 0 Å². The molecule has 0 aromatic heterocycles. The van der Waals surface area contributed by atoms with Crippen LogP contribution in [-0.4, -0.2) is 43.0 Å². The highest BCUT2D eigenvalue weighted by Gasteiger charge is 2.50. The van der Waals surface area contributed by atoms with Crippen LogP contribution in [0.3, 0.4) is 0 Å². The Hall–Kier alpha value is -1.26. The molecule has 0 spiro atoms. The molecule has 0 aliphatic heterocycles. The van der Waals surface area contributed by atoms with Crippen molar-refractivity contribution in [1.29, 1.82) is 0 Å². The van der Waals surface area contributed by atoms with Gasteiger partial charge in [-0.25, -0.2) is 4.79 Å². The molecule has 5 heteroatoms. The first-order valence-corrected chi connectivity index (χ1v) is 9.30. The number of carbonyl (C=O) groups excluding carboxylic acids is 2. The third-order valence-electron chi connectivity index (χ3n) is 6.45. The standard InChI is InChI=1S/C18H29N3O2/c1-21(10-16(22)20-15-2-3-15)17(23)19-11-18-7-12-4-13(8-18)6-14(5-12)9-18/h12-15H,2-11H2,1H3,(H,19,23)(H,20,22). The van der Waals surface area contributed by atoms with Gasteiger partial charge in [0.1, 0.15) is 6.54 Å². The molecule has 0 heterocycles. The van der Waals surface area contributed by atoms with E-state index in [1.54, 1.807) is 7.05 Å². The molecule has 0 radical (unpaired) electrons. The normalized spacial score (nSPS) is 37.5. The molecule has 0 aromatic rings. The molecule has 4 bridgehead atoms. The molecule has 23 heavy (non-hydrogen) atoms. The summed E-state index contributed by atoms with van der Waals surface area (Å²) in [6, 6.07) is 0.248. The maximum Gasteiger partial charge on any atom is 0.317 e. The van der Waals surface area contributed by atoms with Crippen LogP contribution >= 0.6 is 0 Å². The molecular weight excluding hydrogens is 290 g/mol. The van der Waals surface area contributed by atoms with Crippen molar-refractivity contribution in [3.63, 3.8) is 0 Å². The van der Waals surface area contributed by atoms with Crippen LogP contribution in [0.2, 0.25) is 0 Å². The maximum atomic E-state index is 12.3. The monoisotopic (exact) mass is 319 g/mol. The molecule has 0 unspecified atom stereocenters. The van der Waals surface area contributed by atoms with Crippen molar-refractivity contribution in [3.8, 4) is 0 Å². The van der Waals surface area contributed by atoms with Gasteiger partial charge in [0.25, 0.3) is 0 Å². The summed E-state index contributed by atoms with van der Waals surface area (Å²) in [6.45, 7) is 0.952. The van der Waals surface area contributed by atoms with Crippen molar-refractivity contribution in [2.24, 2.45) is 23.2 Å². The Morgan fingerprint density at radius 1 is 1.04 bits per heavy atom. The summed E-state index contributed by atoms with van der Waals surface area (Å²) >= 11 is 0. The zero-order valence-electron chi connectivity index (χ0n) is 14.1. The highest BCUT2D eigenvalue weighted by atomic mass is 16.2. The molecule has 5 nitrogen and oxygen atoms in total. The average Bonchev–Trinajstić information content (AvgIpc) is 3.27. The fraction of sp³-hybridized carbons (Fsp3) is 0.889. The van der Waals surface area contributed by atoms with E-state index >= 15 is 0 Å². The number of urea groups is 1. The van der Waals surface area contributed by atoms with E-state index in [1.165, 1.54) is 43.4 Å². The topological polar surface area (TPSA) is 61.4 Å². The molecule has 5 fully saturated rings. The molecule has 5 saturated carbocycles. The van der Waals surface area contributed by atoms with Gasteiger partial charge in [-0.3, -0.25) is 4.79 Å². The predicted molar refractivity (Wildman–Crippen MR) is 87.8 cm³/mol. The quantitative estimate of drug-likeness (QED) is 0.815. The van der Waals surface area contributed by atoms with Crippen molar-refractivity contribution in [2.45, 2.75) is 57.4 Å². The highest BCUT2D eigenvalue weighted by molar-refractivity contribution is 5.84. The Bertz CT molecular complexity index is 465. The van der Waals surface area contributed by atoms with Crippen LogP contribution in [0.5, 0.6) is 0 Å². The molecular formula is C18H29N3O2. The van der Waals surface area contributed by atoms with E-state index in [1.807, 2.05) is 0 Å². The van der Waals surface area contributed by atoms with Crippen LogP contribution in [0.1, 0.15) is 51.4 Å². The van der Waals surface area contributed by atoms with E-state index in [2.05, 4.69) is 10.6 Å². The van der Waals surface area contributed by atoms with Gasteiger partial charge in [-0.05, 0) is 74.5 Å². The lowest BCUT2D eigenvalue weighted by Crippen LogP contribution is -2.53. The van der Waals surface area contributed by atoms with E-state index in [0.717, 1.165) is 37.1 Å². The Morgan fingerprint density at radius 2 is 1.61 bits per heavy atom. The lowest BCUT2D eigenvalue weighted by Gasteiger charge is -2.56. The number of nitrogens with zero attached hydrogens (tertiary/aromatic N) is 1. The second-order valence-corrected chi connectivity index (χ2v) is 8.77. The minimum Gasteiger partial charge on any atom is -0.352 e. The summed E-state index contributed by atoms with van der Waals surface area (Å²) in [5.74, 6) is 2.67. The van der Waals surface area contributed by atoms with Gasteiger partial charge in [0.2, 0.25) is 5.91 Å². The van der Waals surface area contributed by atoms with Crippen molar-refractivity contribution < 1.29 is 9.59 Å². The molecule has 128 valence electrons. The number of likely N-dealkylation sites (N-methyl/N-ethyl adjacent to an activating group) is 1. The third-order valence-corrected chi connectivity index (χ3v) is 6.45. The van der Waals surface area contributed by atoms with Crippen molar-refractivity contribution >= 4 is 11.9 Å². The maximum absolute atomic E-state index is 12.3. The number of hydrogen-bond donors (Lipinski definition) is 2. The van der Waals surface area contributed by atoms with Crippen molar-refractivity contribution in [1.82, 2.24) is 15.5 Å². The molecule has 0 aromatic carbocycles. The molecule has 5 aliphatic carbocycles. The lowest BCUT2D eigenvalue weighted by molar-refractivity contribution is -0.121. The van der Waals surface area contributed by atoms with E-state index < -0.39 is 0 Å². The van der Waals surface area contributed by atoms with Gasteiger partial charge in [-0.2, -0.15) is 0 Å². The number of hydrogen-bond acceptors (Lipinski definition) is 2. The Morgan fingerprint density at radius 3 is 2.13 bits per heavy atom. The van der Waals surface area contributed by atoms with Gasteiger partial charge in [0.05, 0.1) is 0 Å². The minimum absolute atomic E-state index is 0.0417. The van der Waals surface area contributed by atoms with E-state index in [-0.39, 0.29) is 18.5 Å². The average molecular weight is 319 g/mol. The molecule has 5 rings (SSSR count). The molecule has 2 N–H and O–H groups in total. The summed E-state index contributed by atoms with van der Waals surface area (Å²) in [5, 5.41) is 6.05. The van der Waals surface area contributed by atoms with Crippen LogP contribution in [0.15, 0.2) is 0 Å². The van der Waals surface area contributed by atoms with Crippen LogP contribution in [0.4, 0.5) is 4.79 Å². The highest BCUT2D eigenvalue weighted by Crippen LogP contribution is 2.59. The van der Waals surface area contributed by atoms with Gasteiger partial charge in [-0.1, -0.05) is 0 Å². The lowest BCUT2D eigenvalue weighted by atomic mass is 9.49. The first-order valence-electron chi connectivity index (χ1n) is 9.30. The van der Waals surface area contributed by atoms with Gasteiger partial charge in [0, 0.05) is 19.6 Å². The first-order chi connectivity index (χ1) is 11.0. The smallest absolute Gasteiger partial charge is 0.317 e. The number of nitrogens with one attached hydrogen (secondary N) is 2. The van der Waals surface area contributed by atoms with Crippen molar-refractivity contribution in [2.75, 3.05) is 20.1 Å². The Labute approximate surface area is 138 Å². The second-order valence-electron chi connectivity index (χ2n) is 8.77. The fourth-order valence-electron chi connectivity index (χ4n) is 5.69. The molecule has 0 saturated heterocycles. The SMILES string of the molecule is CN(CC(=O)NC1CC1)C(=O)NCC12CC3CC(CC(C3)C1)C2. The van der Waals surface area contributed by atoms with Gasteiger partial charge < -0.3 is 15.5 Å². The largest absolute Gasteiger partial charge is 0.352 e. The zero-order chi connectivity index (χ0) is 16.0. The Kier molecular flexibility index (Phi) is 3.77. The Balaban J connectivity index is 1.26. The van der Waals surface area contributed by atoms with E-state index in [0.29, 0.717) is 11.5 Å². The summed E-state index contributed by atoms with van der Waals surface area (Å²) < 4.78 is 0. The summed E-state index contributed by atoms with van der Waals surface area (Å²) in [4.78, 5) is 25.6. The summed E-state index contributed by atoms with van der Waals surface area (Å²) in [7, 11) is 1.71. The molecule has 3 amide bonds. The number of amides is 3. The van der Waals surface area contributed by atoms with Crippen molar-refractivity contribution in [3.05, 3.63) is 0 Å². The predicted octanol–water partition coefficient (Wildman–Crippen LogP) is 2.12. The van der Waals surface area contributed by atoms with E-state index in [4.69, 9.17) is 0 Å². The van der Waals surface area contributed by atoms with Crippen LogP contribution in [0, 0.1) is 23.2 Å². The fourth-order valence-corrected chi connectivity index (χ4v) is 5.69. The second kappa shape index (κ2) is 5.67. The van der Waals surface area contributed by atoms with Crippen LogP contribution in [-0.2, 0) is 4.79 Å². The summed E-state index contributed by atoms with van der Waals surface area (Å²) in [5.41, 5.74) is 0.349. The van der Waals surface area contributed by atoms with Crippen LogP contribution in [0.25, 0.3) is 0 Å². The molecule has 0 atom stereocenters. The molecule has 5 aliphatic rings. The zero-order valence-corrected chi connectivity index (χ0v) is 14.1.